The molecule has 0 unspecified atom stereocenters. The van der Waals surface area contributed by atoms with Crippen LogP contribution < -0.4 is 5.32 Å². The van der Waals surface area contributed by atoms with Gasteiger partial charge in [0, 0.05) is 18.5 Å². The van der Waals surface area contributed by atoms with E-state index in [-0.39, 0.29) is 18.0 Å². The molecule has 0 spiro atoms. The fourth-order valence-electron chi connectivity index (χ4n) is 2.61. The van der Waals surface area contributed by atoms with Crippen LogP contribution in [0, 0.1) is 5.82 Å². The zero-order valence-electron chi connectivity index (χ0n) is 15.1. The molecule has 0 fully saturated rings. The summed E-state index contributed by atoms with van der Waals surface area (Å²) in [5.74, 6) is -1.56. The number of aromatic nitrogens is 1. The van der Waals surface area contributed by atoms with E-state index in [9.17, 15) is 22.4 Å². The van der Waals surface area contributed by atoms with Crippen molar-refractivity contribution in [2.24, 2.45) is 0 Å². The number of unbranched alkanes of at least 4 members (excludes halogenated alkanes) is 2. The number of rotatable bonds is 8. The minimum atomic E-state index is -4.66. The Bertz CT molecular complexity index is 825. The first-order valence-corrected chi connectivity index (χ1v) is 8.58. The highest BCUT2D eigenvalue weighted by Crippen LogP contribution is 2.32. The number of benzene rings is 1. The molecule has 152 valence electrons. The Morgan fingerprint density at radius 1 is 1.21 bits per heavy atom. The van der Waals surface area contributed by atoms with Crippen molar-refractivity contribution in [1.29, 1.82) is 0 Å². The summed E-state index contributed by atoms with van der Waals surface area (Å²) in [6, 6.07) is 4.59. The van der Waals surface area contributed by atoms with Crippen molar-refractivity contribution >= 4 is 17.5 Å². The molecule has 0 aliphatic rings. The zero-order valence-corrected chi connectivity index (χ0v) is 15.1. The smallest absolute Gasteiger partial charge is 0.417 e. The number of aliphatic hydroxyl groups is 1. The van der Waals surface area contributed by atoms with Gasteiger partial charge >= 0.3 is 12.1 Å². The Kier molecular flexibility index (Phi) is 7.33. The number of alkyl halides is 3. The van der Waals surface area contributed by atoms with Crippen molar-refractivity contribution in [3.05, 3.63) is 53.0 Å². The van der Waals surface area contributed by atoms with Crippen LogP contribution in [-0.4, -0.2) is 29.8 Å². The second kappa shape index (κ2) is 9.50. The largest absolute Gasteiger partial charge is 0.465 e. The molecule has 0 aliphatic heterocycles. The number of nitrogens with zero attached hydrogens (tertiary/aromatic N) is 1. The maximum atomic E-state index is 13.6. The van der Waals surface area contributed by atoms with Crippen LogP contribution in [0.15, 0.2) is 30.5 Å². The number of aryl methyl sites for hydroxylation is 1. The highest BCUT2D eigenvalue weighted by molar-refractivity contribution is 5.95. The highest BCUT2D eigenvalue weighted by Gasteiger charge is 2.33. The van der Waals surface area contributed by atoms with E-state index in [0.29, 0.717) is 42.8 Å². The van der Waals surface area contributed by atoms with E-state index < -0.39 is 23.5 Å². The van der Waals surface area contributed by atoms with Gasteiger partial charge < -0.3 is 15.2 Å². The summed E-state index contributed by atoms with van der Waals surface area (Å²) in [6.07, 6.45) is -1.54. The molecule has 9 heteroatoms. The maximum absolute atomic E-state index is 13.6. The van der Waals surface area contributed by atoms with Gasteiger partial charge in [0.25, 0.3) is 0 Å². The molecule has 2 rings (SSSR count). The van der Waals surface area contributed by atoms with E-state index in [1.54, 1.807) is 0 Å². The first-order chi connectivity index (χ1) is 13.3. The molecule has 1 aromatic heterocycles. The number of esters is 1. The van der Waals surface area contributed by atoms with Crippen LogP contribution >= 0.6 is 0 Å². The molecule has 0 saturated carbocycles. The molecule has 28 heavy (non-hydrogen) atoms. The molecular weight excluding hydrogens is 380 g/mol. The second-order valence-electron chi connectivity index (χ2n) is 6.07. The average Bonchev–Trinajstić information content (AvgIpc) is 2.66. The van der Waals surface area contributed by atoms with Gasteiger partial charge in [0.05, 0.1) is 12.7 Å². The fraction of sp³-hybridized carbons (Fsp3) is 0.368. The molecule has 0 atom stereocenters. The van der Waals surface area contributed by atoms with E-state index in [2.05, 4.69) is 15.0 Å². The summed E-state index contributed by atoms with van der Waals surface area (Å²) in [7, 11) is 1.05. The van der Waals surface area contributed by atoms with Crippen molar-refractivity contribution < 1.29 is 32.2 Å². The van der Waals surface area contributed by atoms with Gasteiger partial charge in [-0.3, -0.25) is 0 Å². The lowest BCUT2D eigenvalue weighted by molar-refractivity contribution is -0.137. The summed E-state index contributed by atoms with van der Waals surface area (Å²) >= 11 is 0. The quantitative estimate of drug-likeness (QED) is 0.389. The van der Waals surface area contributed by atoms with E-state index in [4.69, 9.17) is 5.11 Å². The zero-order chi connectivity index (χ0) is 20.7. The Morgan fingerprint density at radius 3 is 2.61 bits per heavy atom. The van der Waals surface area contributed by atoms with Crippen LogP contribution in [0.4, 0.5) is 29.1 Å². The van der Waals surface area contributed by atoms with Crippen LogP contribution in [0.25, 0.3) is 0 Å². The molecule has 5 nitrogen and oxygen atoms in total. The first kappa shape index (κ1) is 21.6. The number of hydrogen-bond acceptors (Lipinski definition) is 5. The van der Waals surface area contributed by atoms with Crippen molar-refractivity contribution in [2.45, 2.75) is 31.9 Å². The molecule has 0 amide bonds. The summed E-state index contributed by atoms with van der Waals surface area (Å²) in [4.78, 5) is 15.7. The number of carbonyl (C=O) groups is 1. The molecule has 2 aromatic rings. The summed E-state index contributed by atoms with van der Waals surface area (Å²) in [5, 5.41) is 11.6. The fourth-order valence-corrected chi connectivity index (χ4v) is 2.61. The highest BCUT2D eigenvalue weighted by atomic mass is 19.4. The lowest BCUT2D eigenvalue weighted by Crippen LogP contribution is -2.13. The van der Waals surface area contributed by atoms with Gasteiger partial charge in [0.2, 0.25) is 0 Å². The lowest BCUT2D eigenvalue weighted by Gasteiger charge is -2.15. The summed E-state index contributed by atoms with van der Waals surface area (Å²) < 4.78 is 57.0. The number of anilines is 2. The van der Waals surface area contributed by atoms with Crippen LogP contribution in [0.1, 0.15) is 40.7 Å². The number of hydrogen-bond donors (Lipinski definition) is 2. The lowest BCUT2D eigenvalue weighted by atomic mass is 10.0. The standard InChI is InChI=1S/C19H20F4N2O3/c1-28-18(27)15-10-13(19(21,22)23)11-24-17(15)25-16-7-6-14(20)9-12(16)5-3-2-4-8-26/h6-7,9-11,26H,2-5,8H2,1H3,(H,24,25). The molecule has 0 aliphatic carbocycles. The monoisotopic (exact) mass is 400 g/mol. The van der Waals surface area contributed by atoms with Gasteiger partial charge in [-0.05, 0) is 49.1 Å². The predicted octanol–water partition coefficient (Wildman–Crippen LogP) is 4.47. The summed E-state index contributed by atoms with van der Waals surface area (Å²) in [5.41, 5.74) is -0.465. The Morgan fingerprint density at radius 2 is 1.96 bits per heavy atom. The Hall–Kier alpha value is -2.68. The molecule has 1 aromatic carbocycles. The molecule has 0 bridgehead atoms. The van der Waals surface area contributed by atoms with E-state index in [0.717, 1.165) is 13.5 Å². The van der Waals surface area contributed by atoms with Crippen LogP contribution in [0.3, 0.4) is 0 Å². The third-order valence-electron chi connectivity index (χ3n) is 4.04. The van der Waals surface area contributed by atoms with Gasteiger partial charge in [-0.25, -0.2) is 14.2 Å². The normalized spacial score (nSPS) is 11.4. The first-order valence-electron chi connectivity index (χ1n) is 8.58. The number of carbonyl (C=O) groups excluding carboxylic acids is 1. The number of pyridine rings is 1. The molecule has 0 saturated heterocycles. The van der Waals surface area contributed by atoms with E-state index in [1.165, 1.54) is 18.2 Å². The molecule has 1 heterocycles. The van der Waals surface area contributed by atoms with Crippen molar-refractivity contribution in [2.75, 3.05) is 19.0 Å². The van der Waals surface area contributed by atoms with Gasteiger partial charge in [-0.15, -0.1) is 0 Å². The molecule has 0 radical (unpaired) electrons. The molecular formula is C19H20F4N2O3. The van der Waals surface area contributed by atoms with Crippen molar-refractivity contribution in [1.82, 2.24) is 4.98 Å². The van der Waals surface area contributed by atoms with Crippen molar-refractivity contribution in [3.63, 3.8) is 0 Å². The van der Waals surface area contributed by atoms with Crippen LogP contribution in [-0.2, 0) is 17.3 Å². The van der Waals surface area contributed by atoms with E-state index in [1.807, 2.05) is 0 Å². The number of halogens is 4. The van der Waals surface area contributed by atoms with Gasteiger partial charge in [-0.1, -0.05) is 6.42 Å². The third kappa shape index (κ3) is 5.66. The topological polar surface area (TPSA) is 71.5 Å². The van der Waals surface area contributed by atoms with Crippen LogP contribution in [0.5, 0.6) is 0 Å². The SMILES string of the molecule is COC(=O)c1cc(C(F)(F)F)cnc1Nc1ccc(F)cc1CCCCCO. The minimum absolute atomic E-state index is 0.0617. The van der Waals surface area contributed by atoms with Gasteiger partial charge in [0.15, 0.2) is 0 Å². The van der Waals surface area contributed by atoms with Gasteiger partial charge in [-0.2, -0.15) is 13.2 Å². The molecule has 2 N–H and O–H groups in total. The van der Waals surface area contributed by atoms with Crippen molar-refractivity contribution in [3.8, 4) is 0 Å². The number of ether oxygens (including phenoxy) is 1. The minimum Gasteiger partial charge on any atom is -0.465 e. The maximum Gasteiger partial charge on any atom is 0.417 e. The summed E-state index contributed by atoms with van der Waals surface area (Å²) in [6.45, 7) is 0.0617. The second-order valence-corrected chi connectivity index (χ2v) is 6.07. The predicted molar refractivity (Wildman–Crippen MR) is 94.9 cm³/mol. The van der Waals surface area contributed by atoms with E-state index >= 15 is 0 Å². The average molecular weight is 400 g/mol. The number of nitrogens with one attached hydrogen (secondary N) is 1. The van der Waals surface area contributed by atoms with Crippen LogP contribution in [0.2, 0.25) is 0 Å². The van der Waals surface area contributed by atoms with Gasteiger partial charge in [0.1, 0.15) is 17.2 Å². The number of aliphatic hydroxyl groups excluding tert-OH is 1. The third-order valence-corrected chi connectivity index (χ3v) is 4.04. The Balaban J connectivity index is 2.35. The Labute approximate surface area is 159 Å². The number of methoxy groups -OCH3 is 1.